The third-order valence-corrected chi connectivity index (χ3v) is 5.06. The molecule has 2 N–H and O–H groups in total. The maximum atomic E-state index is 5.98. The number of nitrogens with zero attached hydrogens (tertiary/aromatic N) is 4. The molecule has 3 aromatic rings. The van der Waals surface area contributed by atoms with Crippen LogP contribution in [-0.4, -0.2) is 19.9 Å². The normalized spacial score (nSPS) is 11.1. The molecule has 0 spiro atoms. The Kier molecular flexibility index (Phi) is 3.12. The van der Waals surface area contributed by atoms with E-state index in [4.69, 9.17) is 17.3 Å². The second kappa shape index (κ2) is 4.66. The van der Waals surface area contributed by atoms with Crippen molar-refractivity contribution in [2.24, 2.45) is 0 Å². The molecule has 0 unspecified atom stereocenters. The summed E-state index contributed by atoms with van der Waals surface area (Å²) in [7, 11) is 0. The molecule has 0 saturated carbocycles. The van der Waals surface area contributed by atoms with Crippen molar-refractivity contribution >= 4 is 55.0 Å². The van der Waals surface area contributed by atoms with Crippen molar-refractivity contribution in [3.63, 3.8) is 0 Å². The molecule has 8 heteroatoms. The zero-order valence-electron chi connectivity index (χ0n) is 9.69. The zero-order chi connectivity index (χ0) is 13.6. The van der Waals surface area contributed by atoms with Gasteiger partial charge in [-0.25, -0.2) is 19.9 Å². The van der Waals surface area contributed by atoms with Gasteiger partial charge in [-0.3, -0.25) is 0 Å². The highest BCUT2D eigenvalue weighted by molar-refractivity contribution is 9.10. The minimum Gasteiger partial charge on any atom is -0.368 e. The molecule has 3 rings (SSSR count). The van der Waals surface area contributed by atoms with Crippen molar-refractivity contribution in [1.29, 1.82) is 0 Å². The van der Waals surface area contributed by atoms with Gasteiger partial charge >= 0.3 is 0 Å². The van der Waals surface area contributed by atoms with Gasteiger partial charge in [-0.2, -0.15) is 0 Å². The van der Waals surface area contributed by atoms with Crippen LogP contribution < -0.4 is 5.73 Å². The number of halogens is 2. The van der Waals surface area contributed by atoms with Crippen molar-refractivity contribution in [1.82, 2.24) is 19.9 Å². The van der Waals surface area contributed by atoms with Crippen LogP contribution in [0.4, 0.5) is 5.95 Å². The van der Waals surface area contributed by atoms with Crippen molar-refractivity contribution in [2.45, 2.75) is 6.92 Å². The molecular weight excluding hydrogens is 350 g/mol. The van der Waals surface area contributed by atoms with Crippen molar-refractivity contribution in [3.8, 4) is 11.3 Å². The van der Waals surface area contributed by atoms with Gasteiger partial charge in [-0.1, -0.05) is 0 Å². The average molecular weight is 357 g/mol. The van der Waals surface area contributed by atoms with Gasteiger partial charge in [0.15, 0.2) is 0 Å². The van der Waals surface area contributed by atoms with E-state index in [1.54, 1.807) is 23.7 Å². The second-order valence-corrected chi connectivity index (χ2v) is 6.18. The molecule has 0 aliphatic heterocycles. The van der Waals surface area contributed by atoms with E-state index in [1.807, 2.05) is 6.92 Å². The lowest BCUT2D eigenvalue weighted by molar-refractivity contribution is 1.17. The Hall–Kier alpha value is -1.31. The summed E-state index contributed by atoms with van der Waals surface area (Å²) < 4.78 is 1.89. The summed E-state index contributed by atoms with van der Waals surface area (Å²) in [6.07, 6.45) is 3.26. The average Bonchev–Trinajstić information content (AvgIpc) is 2.66. The molecule has 0 bridgehead atoms. The van der Waals surface area contributed by atoms with Gasteiger partial charge in [0.05, 0.1) is 14.9 Å². The third kappa shape index (κ3) is 2.18. The highest BCUT2D eigenvalue weighted by Crippen LogP contribution is 2.38. The van der Waals surface area contributed by atoms with Gasteiger partial charge in [0.2, 0.25) is 11.2 Å². The van der Waals surface area contributed by atoms with Gasteiger partial charge in [-0.05, 0) is 34.5 Å². The van der Waals surface area contributed by atoms with Crippen LogP contribution in [0.15, 0.2) is 16.9 Å². The minimum atomic E-state index is 0.192. The topological polar surface area (TPSA) is 77.6 Å². The minimum absolute atomic E-state index is 0.192. The summed E-state index contributed by atoms with van der Waals surface area (Å²) in [6, 6.07) is 0. The van der Waals surface area contributed by atoms with Crippen LogP contribution in [0, 0.1) is 6.92 Å². The van der Waals surface area contributed by atoms with Crippen molar-refractivity contribution in [2.75, 3.05) is 5.73 Å². The standard InChI is InChI=1S/C11H7BrClN5S/c1-4-6(12)8-9(19-4)7(17-10(13)18-8)5-2-15-11(14)16-3-5/h2-3H,1H3,(H2,14,15,16). The van der Waals surface area contributed by atoms with E-state index < -0.39 is 0 Å². The van der Waals surface area contributed by atoms with E-state index in [0.717, 1.165) is 25.1 Å². The number of hydrogen-bond acceptors (Lipinski definition) is 6. The van der Waals surface area contributed by atoms with Crippen LogP contribution in [0.1, 0.15) is 4.88 Å². The summed E-state index contributed by atoms with van der Waals surface area (Å²) >= 11 is 11.1. The number of aryl methyl sites for hydroxylation is 1. The van der Waals surface area contributed by atoms with Gasteiger partial charge < -0.3 is 5.73 Å². The Morgan fingerprint density at radius 2 is 1.95 bits per heavy atom. The van der Waals surface area contributed by atoms with Crippen LogP contribution in [0.25, 0.3) is 21.5 Å². The predicted octanol–water partition coefficient (Wildman–Crippen LogP) is 3.45. The highest BCUT2D eigenvalue weighted by atomic mass is 79.9. The fourth-order valence-corrected chi connectivity index (χ4v) is 3.52. The van der Waals surface area contributed by atoms with Crippen LogP contribution in [-0.2, 0) is 0 Å². The number of nitrogen functional groups attached to an aromatic ring is 1. The molecule has 3 heterocycles. The Labute approximate surface area is 126 Å². The fraction of sp³-hybridized carbons (Fsp3) is 0.0909. The summed E-state index contributed by atoms with van der Waals surface area (Å²) in [5.74, 6) is 0.226. The highest BCUT2D eigenvalue weighted by Gasteiger charge is 2.16. The fourth-order valence-electron chi connectivity index (χ4n) is 1.69. The zero-order valence-corrected chi connectivity index (χ0v) is 12.8. The van der Waals surface area contributed by atoms with Crippen molar-refractivity contribution < 1.29 is 0 Å². The van der Waals surface area contributed by atoms with E-state index in [2.05, 4.69) is 35.9 Å². The quantitative estimate of drug-likeness (QED) is 0.676. The smallest absolute Gasteiger partial charge is 0.223 e. The molecule has 0 atom stereocenters. The largest absolute Gasteiger partial charge is 0.368 e. The predicted molar refractivity (Wildman–Crippen MR) is 80.3 cm³/mol. The molecule has 96 valence electrons. The van der Waals surface area contributed by atoms with E-state index in [0.29, 0.717) is 5.69 Å². The third-order valence-electron chi connectivity index (χ3n) is 2.56. The molecule has 0 saturated heterocycles. The van der Waals surface area contributed by atoms with Gasteiger partial charge in [0.1, 0.15) is 5.52 Å². The molecule has 0 fully saturated rings. The number of fused-ring (bicyclic) bond motifs is 1. The Morgan fingerprint density at radius 1 is 1.26 bits per heavy atom. The van der Waals surface area contributed by atoms with Crippen LogP contribution in [0.2, 0.25) is 5.28 Å². The van der Waals surface area contributed by atoms with E-state index in [1.165, 1.54) is 0 Å². The summed E-state index contributed by atoms with van der Waals surface area (Å²) in [4.78, 5) is 17.6. The molecule has 3 aromatic heterocycles. The Bertz CT molecular complexity index is 771. The first-order valence-electron chi connectivity index (χ1n) is 5.26. The number of hydrogen-bond donors (Lipinski definition) is 1. The maximum absolute atomic E-state index is 5.98. The molecule has 0 aliphatic rings. The molecular formula is C11H7BrClN5S. The number of thiophene rings is 1. The number of aromatic nitrogens is 4. The summed E-state index contributed by atoms with van der Waals surface area (Å²) in [6.45, 7) is 2.01. The second-order valence-electron chi connectivity index (χ2n) is 3.82. The lowest BCUT2D eigenvalue weighted by Crippen LogP contribution is -1.95. The van der Waals surface area contributed by atoms with Gasteiger partial charge in [-0.15, -0.1) is 11.3 Å². The Morgan fingerprint density at radius 3 is 2.63 bits per heavy atom. The lowest BCUT2D eigenvalue weighted by Gasteiger charge is -2.02. The number of nitrogens with two attached hydrogens (primary N) is 1. The Balaban J connectivity index is 2.34. The maximum Gasteiger partial charge on any atom is 0.223 e. The van der Waals surface area contributed by atoms with Gasteiger partial charge in [0.25, 0.3) is 0 Å². The first-order chi connectivity index (χ1) is 9.06. The lowest BCUT2D eigenvalue weighted by atomic mass is 10.2. The number of anilines is 1. The summed E-state index contributed by atoms with van der Waals surface area (Å²) in [5, 5.41) is 0.192. The monoisotopic (exact) mass is 355 g/mol. The molecule has 19 heavy (non-hydrogen) atoms. The van der Waals surface area contributed by atoms with Crippen LogP contribution in [0.3, 0.4) is 0 Å². The SMILES string of the molecule is Cc1sc2c(-c3cnc(N)nc3)nc(Cl)nc2c1Br. The number of rotatable bonds is 1. The van der Waals surface area contributed by atoms with Gasteiger partial charge in [0, 0.05) is 22.8 Å². The summed E-state index contributed by atoms with van der Waals surface area (Å²) in [5.41, 5.74) is 7.77. The van der Waals surface area contributed by atoms with E-state index in [-0.39, 0.29) is 11.2 Å². The van der Waals surface area contributed by atoms with Crippen LogP contribution in [0.5, 0.6) is 0 Å². The molecule has 0 radical (unpaired) electrons. The van der Waals surface area contributed by atoms with E-state index >= 15 is 0 Å². The molecule has 5 nitrogen and oxygen atoms in total. The molecule has 0 aromatic carbocycles. The first-order valence-corrected chi connectivity index (χ1v) is 7.25. The van der Waals surface area contributed by atoms with Crippen LogP contribution >= 0.6 is 38.9 Å². The van der Waals surface area contributed by atoms with E-state index in [9.17, 15) is 0 Å². The molecule has 0 amide bonds. The van der Waals surface area contributed by atoms with Crippen molar-refractivity contribution in [3.05, 3.63) is 27.0 Å². The first kappa shape index (κ1) is 12.7. The molecule has 0 aliphatic carbocycles.